The zero-order valence-electron chi connectivity index (χ0n) is 9.28. The molecular formula is C10H17O5-. The largest absolute Gasteiger partial charge is 0.545 e. The zero-order chi connectivity index (χ0) is 11.9. The van der Waals surface area contributed by atoms with Gasteiger partial charge in [-0.25, -0.2) is 0 Å². The molecule has 0 atom stereocenters. The lowest BCUT2D eigenvalue weighted by molar-refractivity contribution is -0.299. The molecule has 15 heavy (non-hydrogen) atoms. The van der Waals surface area contributed by atoms with Crippen LogP contribution in [0.5, 0.6) is 0 Å². The van der Waals surface area contributed by atoms with Crippen molar-refractivity contribution in [2.75, 3.05) is 19.8 Å². The first-order valence-corrected chi connectivity index (χ1v) is 4.81. The normalized spacial score (nSPS) is 12.9. The van der Waals surface area contributed by atoms with Gasteiger partial charge in [0.15, 0.2) is 0 Å². The molecule has 0 saturated carbocycles. The predicted octanol–water partition coefficient (Wildman–Crippen LogP) is -0.556. The fourth-order valence-corrected chi connectivity index (χ4v) is 1.14. The second kappa shape index (κ2) is 6.55. The minimum absolute atomic E-state index is 0.0362. The minimum atomic E-state index is -1.38. The van der Waals surface area contributed by atoms with Gasteiger partial charge >= 0.3 is 0 Å². The Morgan fingerprint density at radius 2 is 1.87 bits per heavy atom. The van der Waals surface area contributed by atoms with Crippen LogP contribution in [0.1, 0.15) is 20.8 Å². The Balaban J connectivity index is 4.89. The molecule has 0 aliphatic rings. The summed E-state index contributed by atoms with van der Waals surface area (Å²) in [5.74, 6) is -2.69. The molecule has 5 heteroatoms. The van der Waals surface area contributed by atoms with Crippen molar-refractivity contribution in [1.82, 2.24) is 0 Å². The number of aliphatic hydroxyl groups excluding tert-OH is 1. The van der Waals surface area contributed by atoms with Crippen LogP contribution in [-0.2, 0) is 14.3 Å². The Morgan fingerprint density at radius 3 is 2.13 bits per heavy atom. The molecule has 0 unspecified atom stereocenters. The van der Waals surface area contributed by atoms with E-state index in [9.17, 15) is 9.90 Å². The number of ether oxygens (including phenoxy) is 2. The number of carbonyl (C=O) groups excluding carboxylic acids is 1. The molecule has 0 aromatic rings. The molecule has 1 N–H and O–H groups in total. The number of carboxylic acid groups (broad SMARTS) is 1. The van der Waals surface area contributed by atoms with E-state index in [4.69, 9.17) is 14.6 Å². The third-order valence-corrected chi connectivity index (χ3v) is 1.76. The molecule has 0 aliphatic carbocycles. The summed E-state index contributed by atoms with van der Waals surface area (Å²) in [6, 6.07) is 0. The lowest BCUT2D eigenvalue weighted by atomic mass is 10.2. The number of hydrogen-bond acceptors (Lipinski definition) is 5. The lowest BCUT2D eigenvalue weighted by Gasteiger charge is -2.29. The van der Waals surface area contributed by atoms with Crippen molar-refractivity contribution in [3.63, 3.8) is 0 Å². The fourth-order valence-electron chi connectivity index (χ4n) is 1.14. The summed E-state index contributed by atoms with van der Waals surface area (Å²) in [7, 11) is 0. The summed E-state index contributed by atoms with van der Waals surface area (Å²) in [4.78, 5) is 10.5. The summed E-state index contributed by atoms with van der Waals surface area (Å²) in [6.45, 7) is 4.98. The highest BCUT2D eigenvalue weighted by Crippen LogP contribution is 2.17. The summed E-state index contributed by atoms with van der Waals surface area (Å²) < 4.78 is 10.4. The molecule has 0 rings (SSSR count). The van der Waals surface area contributed by atoms with Crippen LogP contribution >= 0.6 is 0 Å². The smallest absolute Gasteiger partial charge is 0.212 e. The number of rotatable bonds is 7. The first-order chi connectivity index (χ1) is 7.01. The maximum Gasteiger partial charge on any atom is 0.212 e. The molecule has 0 bridgehead atoms. The topological polar surface area (TPSA) is 78.8 Å². The average molecular weight is 217 g/mol. The van der Waals surface area contributed by atoms with Gasteiger partial charge < -0.3 is 24.5 Å². The molecular weight excluding hydrogens is 200 g/mol. The van der Waals surface area contributed by atoms with Crippen LogP contribution in [0.25, 0.3) is 0 Å². The Morgan fingerprint density at radius 1 is 1.40 bits per heavy atom. The van der Waals surface area contributed by atoms with Crippen LogP contribution in [0, 0.1) is 0 Å². The van der Waals surface area contributed by atoms with E-state index >= 15 is 0 Å². The van der Waals surface area contributed by atoms with Crippen molar-refractivity contribution in [2.24, 2.45) is 0 Å². The number of carboxylic acids is 1. The Hall–Kier alpha value is -0.910. The Bertz CT molecular complexity index is 228. The van der Waals surface area contributed by atoms with Gasteiger partial charge in [0.2, 0.25) is 5.79 Å². The van der Waals surface area contributed by atoms with E-state index in [0.717, 1.165) is 0 Å². The Kier molecular flexibility index (Phi) is 6.15. The highest BCUT2D eigenvalue weighted by molar-refractivity contribution is 5.84. The molecule has 0 amide bonds. The van der Waals surface area contributed by atoms with Gasteiger partial charge in [-0.15, -0.1) is 0 Å². The summed E-state index contributed by atoms with van der Waals surface area (Å²) >= 11 is 0. The summed E-state index contributed by atoms with van der Waals surface area (Å²) in [6.07, 6.45) is 1.22. The number of aliphatic hydroxyl groups is 1. The van der Waals surface area contributed by atoms with Crippen LogP contribution in [0.3, 0.4) is 0 Å². The molecule has 0 aromatic heterocycles. The molecule has 0 aromatic carbocycles. The van der Waals surface area contributed by atoms with E-state index < -0.39 is 18.4 Å². The van der Waals surface area contributed by atoms with Crippen molar-refractivity contribution in [3.05, 3.63) is 11.6 Å². The number of carbonyl (C=O) groups is 1. The van der Waals surface area contributed by atoms with Gasteiger partial charge in [0.1, 0.15) is 6.61 Å². The standard InChI is InChI=1S/C10H18O5/c1-4-14-10(7-11,15-5-2)6-8(3)9(12)13/h6,11H,4-5,7H2,1-3H3,(H,12,13)/p-1/b8-6+. The van der Waals surface area contributed by atoms with Crippen molar-refractivity contribution in [3.8, 4) is 0 Å². The third kappa shape index (κ3) is 4.42. The predicted molar refractivity (Wildman–Crippen MR) is 51.8 cm³/mol. The van der Waals surface area contributed by atoms with E-state index in [1.54, 1.807) is 13.8 Å². The average Bonchev–Trinajstić information content (AvgIpc) is 2.18. The number of hydrogen-bond donors (Lipinski definition) is 1. The molecule has 0 radical (unpaired) electrons. The van der Waals surface area contributed by atoms with E-state index in [2.05, 4.69) is 0 Å². The third-order valence-electron chi connectivity index (χ3n) is 1.76. The van der Waals surface area contributed by atoms with E-state index in [1.807, 2.05) is 0 Å². The second-order valence-corrected chi connectivity index (χ2v) is 2.95. The van der Waals surface area contributed by atoms with E-state index in [1.165, 1.54) is 13.0 Å². The Labute approximate surface area is 89.3 Å². The molecule has 0 fully saturated rings. The van der Waals surface area contributed by atoms with Crippen LogP contribution < -0.4 is 5.11 Å². The molecule has 0 spiro atoms. The van der Waals surface area contributed by atoms with Crippen LogP contribution in [0.4, 0.5) is 0 Å². The highest BCUT2D eigenvalue weighted by atomic mass is 16.7. The van der Waals surface area contributed by atoms with Crippen LogP contribution in [0.15, 0.2) is 11.6 Å². The van der Waals surface area contributed by atoms with Gasteiger partial charge in [-0.1, -0.05) is 0 Å². The van der Waals surface area contributed by atoms with Gasteiger partial charge in [0, 0.05) is 13.2 Å². The van der Waals surface area contributed by atoms with Gasteiger partial charge in [0.25, 0.3) is 0 Å². The van der Waals surface area contributed by atoms with Crippen molar-refractivity contribution in [1.29, 1.82) is 0 Å². The van der Waals surface area contributed by atoms with Gasteiger partial charge in [-0.2, -0.15) is 0 Å². The SMILES string of the molecule is CCOC(/C=C(\C)C(=O)[O-])(CO)OCC. The molecule has 88 valence electrons. The molecule has 0 heterocycles. The van der Waals surface area contributed by atoms with E-state index in [0.29, 0.717) is 13.2 Å². The monoisotopic (exact) mass is 217 g/mol. The van der Waals surface area contributed by atoms with Gasteiger partial charge in [-0.05, 0) is 32.4 Å². The summed E-state index contributed by atoms with van der Waals surface area (Å²) in [5.41, 5.74) is -0.0362. The van der Waals surface area contributed by atoms with Crippen molar-refractivity contribution in [2.45, 2.75) is 26.6 Å². The first kappa shape index (κ1) is 14.1. The van der Waals surface area contributed by atoms with Crippen LogP contribution in [0.2, 0.25) is 0 Å². The first-order valence-electron chi connectivity index (χ1n) is 4.81. The molecule has 0 aliphatic heterocycles. The van der Waals surface area contributed by atoms with Gasteiger partial charge in [0.05, 0.1) is 5.97 Å². The van der Waals surface area contributed by atoms with Crippen molar-refractivity contribution >= 4 is 5.97 Å². The maximum absolute atomic E-state index is 10.5. The molecule has 0 saturated heterocycles. The molecule has 5 nitrogen and oxygen atoms in total. The number of aliphatic carboxylic acids is 1. The quantitative estimate of drug-likeness (QED) is 0.457. The lowest BCUT2D eigenvalue weighted by Crippen LogP contribution is -2.39. The minimum Gasteiger partial charge on any atom is -0.545 e. The summed E-state index contributed by atoms with van der Waals surface area (Å²) in [5, 5.41) is 19.7. The maximum atomic E-state index is 10.5. The van der Waals surface area contributed by atoms with Gasteiger partial charge in [-0.3, -0.25) is 0 Å². The highest BCUT2D eigenvalue weighted by Gasteiger charge is 2.28. The zero-order valence-corrected chi connectivity index (χ0v) is 9.28. The second-order valence-electron chi connectivity index (χ2n) is 2.95. The van der Waals surface area contributed by atoms with E-state index in [-0.39, 0.29) is 5.57 Å². The van der Waals surface area contributed by atoms with Crippen molar-refractivity contribution < 1.29 is 24.5 Å². The fraction of sp³-hybridized carbons (Fsp3) is 0.700. The van der Waals surface area contributed by atoms with Crippen LogP contribution in [-0.4, -0.2) is 36.7 Å².